The Hall–Kier alpha value is -2.80. The minimum absolute atomic E-state index is 0.517. The number of aliphatic carboxylic acids is 1. The fourth-order valence-electron chi connectivity index (χ4n) is 2.52. The van der Waals surface area contributed by atoms with E-state index < -0.39 is 11.2 Å². The van der Waals surface area contributed by atoms with Gasteiger partial charge in [-0.15, -0.1) is 10.2 Å². The van der Waals surface area contributed by atoms with Crippen molar-refractivity contribution in [1.82, 2.24) is 14.8 Å². The molecule has 3 rings (SSSR count). The summed E-state index contributed by atoms with van der Waals surface area (Å²) < 4.78 is 7.34. The first-order valence-electron chi connectivity index (χ1n) is 8.08. The third-order valence-electron chi connectivity index (χ3n) is 3.86. The van der Waals surface area contributed by atoms with Crippen LogP contribution < -0.4 is 9.84 Å². The van der Waals surface area contributed by atoms with Gasteiger partial charge in [0, 0.05) is 5.25 Å². The van der Waals surface area contributed by atoms with E-state index in [4.69, 9.17) is 4.74 Å². The Morgan fingerprint density at radius 1 is 1.15 bits per heavy atom. The minimum atomic E-state index is -1.14. The van der Waals surface area contributed by atoms with Crippen LogP contribution in [0.1, 0.15) is 12.5 Å². The maximum atomic E-state index is 11.1. The van der Waals surface area contributed by atoms with Crippen molar-refractivity contribution in [2.45, 2.75) is 23.9 Å². The number of hydrogen-bond acceptors (Lipinski definition) is 6. The Morgan fingerprint density at radius 3 is 2.54 bits per heavy atom. The summed E-state index contributed by atoms with van der Waals surface area (Å²) in [5.74, 6) is 0.168. The molecule has 0 saturated heterocycles. The summed E-state index contributed by atoms with van der Waals surface area (Å²) in [6, 6.07) is 17.4. The number of nitrogens with zero attached hydrogens (tertiary/aromatic N) is 3. The molecule has 3 aromatic rings. The first kappa shape index (κ1) is 18.0. The summed E-state index contributed by atoms with van der Waals surface area (Å²) >= 11 is 1.11. The van der Waals surface area contributed by atoms with Crippen LogP contribution in [-0.2, 0) is 11.3 Å². The van der Waals surface area contributed by atoms with E-state index >= 15 is 0 Å². The Labute approximate surface area is 155 Å². The summed E-state index contributed by atoms with van der Waals surface area (Å²) in [6.07, 6.45) is 0. The van der Waals surface area contributed by atoms with E-state index in [0.717, 1.165) is 22.9 Å². The van der Waals surface area contributed by atoms with Crippen molar-refractivity contribution in [3.8, 4) is 17.1 Å². The second-order valence-corrected chi connectivity index (χ2v) is 6.97. The Balaban J connectivity index is 2.06. The summed E-state index contributed by atoms with van der Waals surface area (Å²) in [4.78, 5) is 11.1. The number of thioether (sulfide) groups is 1. The molecule has 26 heavy (non-hydrogen) atoms. The number of ether oxygens (including phenoxy) is 1. The van der Waals surface area contributed by atoms with Gasteiger partial charge in [0.15, 0.2) is 11.0 Å². The lowest BCUT2D eigenvalue weighted by Crippen LogP contribution is -2.31. The molecule has 1 aromatic heterocycles. The zero-order chi connectivity index (χ0) is 18.5. The maximum absolute atomic E-state index is 11.1. The molecule has 1 heterocycles. The third kappa shape index (κ3) is 3.88. The van der Waals surface area contributed by atoms with Gasteiger partial charge in [-0.3, -0.25) is 4.57 Å². The number of carbonyl (C=O) groups excluding carboxylic acids is 1. The number of para-hydroxylation sites is 1. The van der Waals surface area contributed by atoms with Crippen LogP contribution in [0.15, 0.2) is 59.8 Å². The predicted octanol–water partition coefficient (Wildman–Crippen LogP) is 2.23. The van der Waals surface area contributed by atoms with E-state index in [1.54, 1.807) is 14.0 Å². The highest BCUT2D eigenvalue weighted by Crippen LogP contribution is 2.32. The summed E-state index contributed by atoms with van der Waals surface area (Å²) in [6.45, 7) is 2.09. The topological polar surface area (TPSA) is 80.1 Å². The third-order valence-corrected chi connectivity index (χ3v) is 4.92. The number of aromatic nitrogens is 3. The van der Waals surface area contributed by atoms with Crippen molar-refractivity contribution < 1.29 is 14.6 Å². The number of rotatable bonds is 7. The lowest BCUT2D eigenvalue weighted by Gasteiger charge is -2.15. The van der Waals surface area contributed by atoms with Gasteiger partial charge in [-0.2, -0.15) is 0 Å². The molecule has 0 amide bonds. The number of hydrogen-bond donors (Lipinski definition) is 0. The van der Waals surface area contributed by atoms with Crippen molar-refractivity contribution in [3.05, 3.63) is 60.2 Å². The second kappa shape index (κ2) is 8.05. The number of carboxylic acid groups (broad SMARTS) is 1. The molecule has 0 aliphatic rings. The van der Waals surface area contributed by atoms with Gasteiger partial charge >= 0.3 is 0 Å². The molecule has 0 saturated carbocycles. The monoisotopic (exact) mass is 368 g/mol. The van der Waals surface area contributed by atoms with Gasteiger partial charge in [0.2, 0.25) is 0 Å². The normalized spacial score (nSPS) is 11.9. The van der Waals surface area contributed by atoms with Crippen LogP contribution in [0.25, 0.3) is 11.4 Å². The molecule has 134 valence electrons. The lowest BCUT2D eigenvalue weighted by atomic mass is 10.1. The summed E-state index contributed by atoms with van der Waals surface area (Å²) in [5, 5.41) is 19.4. The number of methoxy groups -OCH3 is 1. The van der Waals surface area contributed by atoms with Crippen molar-refractivity contribution in [3.63, 3.8) is 0 Å². The molecular formula is C19H18N3O3S-. The predicted molar refractivity (Wildman–Crippen MR) is 97.9 cm³/mol. The Kier molecular flexibility index (Phi) is 5.58. The summed E-state index contributed by atoms with van der Waals surface area (Å²) in [5.41, 5.74) is 1.86. The van der Waals surface area contributed by atoms with Gasteiger partial charge in [-0.1, -0.05) is 54.2 Å². The van der Waals surface area contributed by atoms with E-state index in [9.17, 15) is 9.90 Å². The van der Waals surface area contributed by atoms with Gasteiger partial charge in [0.05, 0.1) is 25.2 Å². The van der Waals surface area contributed by atoms with Gasteiger partial charge in [-0.05, 0) is 24.6 Å². The number of carbonyl (C=O) groups is 1. The van der Waals surface area contributed by atoms with Crippen molar-refractivity contribution >= 4 is 17.7 Å². The van der Waals surface area contributed by atoms with Crippen LogP contribution in [0.3, 0.4) is 0 Å². The van der Waals surface area contributed by atoms with E-state index in [0.29, 0.717) is 23.3 Å². The van der Waals surface area contributed by atoms with Crippen LogP contribution in [0, 0.1) is 0 Å². The van der Waals surface area contributed by atoms with Gasteiger partial charge in [0.25, 0.3) is 0 Å². The van der Waals surface area contributed by atoms with Gasteiger partial charge < -0.3 is 14.6 Å². The molecule has 0 N–H and O–H groups in total. The minimum Gasteiger partial charge on any atom is -0.549 e. The molecule has 0 fully saturated rings. The molecule has 1 atom stereocenters. The highest BCUT2D eigenvalue weighted by atomic mass is 32.2. The second-order valence-electron chi connectivity index (χ2n) is 5.66. The SMILES string of the molecule is COc1ccccc1-c1nnc(S[C@H](C)C(=O)[O-])n1Cc1ccccc1. The zero-order valence-corrected chi connectivity index (χ0v) is 15.3. The molecule has 0 unspecified atom stereocenters. The maximum Gasteiger partial charge on any atom is 0.192 e. The molecule has 0 aliphatic carbocycles. The van der Waals surface area contributed by atoms with E-state index in [2.05, 4.69) is 10.2 Å². The molecular weight excluding hydrogens is 350 g/mol. The quantitative estimate of drug-likeness (QED) is 0.595. The van der Waals surface area contributed by atoms with Crippen LogP contribution in [0.2, 0.25) is 0 Å². The van der Waals surface area contributed by atoms with Crippen molar-refractivity contribution in [2.75, 3.05) is 7.11 Å². The van der Waals surface area contributed by atoms with Crippen LogP contribution in [0.5, 0.6) is 5.75 Å². The van der Waals surface area contributed by atoms with Crippen LogP contribution in [-0.4, -0.2) is 33.1 Å². The average Bonchev–Trinajstić information content (AvgIpc) is 3.04. The smallest absolute Gasteiger partial charge is 0.192 e. The van der Waals surface area contributed by atoms with Crippen molar-refractivity contribution in [1.29, 1.82) is 0 Å². The first-order chi connectivity index (χ1) is 12.6. The Bertz CT molecular complexity index is 896. The average molecular weight is 368 g/mol. The van der Waals surface area contributed by atoms with E-state index in [1.165, 1.54) is 0 Å². The zero-order valence-electron chi connectivity index (χ0n) is 14.5. The lowest BCUT2D eigenvalue weighted by molar-refractivity contribution is -0.304. The Morgan fingerprint density at radius 2 is 1.85 bits per heavy atom. The largest absolute Gasteiger partial charge is 0.549 e. The molecule has 0 spiro atoms. The van der Waals surface area contributed by atoms with Gasteiger partial charge in [-0.25, -0.2) is 0 Å². The fourth-order valence-corrected chi connectivity index (χ4v) is 3.30. The standard InChI is InChI=1S/C19H19N3O3S/c1-13(18(23)24)26-19-21-20-17(15-10-6-7-11-16(15)25-2)22(19)12-14-8-4-3-5-9-14/h3-11,13H,12H2,1-2H3,(H,23,24)/p-1/t13-/m1/s1. The molecule has 0 bridgehead atoms. The molecule has 0 radical (unpaired) electrons. The van der Waals surface area contributed by atoms with Crippen LogP contribution >= 0.6 is 11.8 Å². The number of benzene rings is 2. The molecule has 7 heteroatoms. The molecule has 0 aliphatic heterocycles. The highest BCUT2D eigenvalue weighted by molar-refractivity contribution is 8.00. The van der Waals surface area contributed by atoms with Crippen LogP contribution in [0.4, 0.5) is 0 Å². The summed E-state index contributed by atoms with van der Waals surface area (Å²) in [7, 11) is 1.60. The van der Waals surface area contributed by atoms with Crippen molar-refractivity contribution in [2.24, 2.45) is 0 Å². The molecule has 6 nitrogen and oxygen atoms in total. The van der Waals surface area contributed by atoms with E-state index in [-0.39, 0.29) is 0 Å². The van der Waals surface area contributed by atoms with Gasteiger partial charge in [0.1, 0.15) is 5.75 Å². The van der Waals surface area contributed by atoms with E-state index in [1.807, 2.05) is 59.2 Å². The molecule has 2 aromatic carbocycles. The first-order valence-corrected chi connectivity index (χ1v) is 8.96. The highest BCUT2D eigenvalue weighted by Gasteiger charge is 2.19. The fraction of sp³-hybridized carbons (Fsp3) is 0.211. The number of carboxylic acids is 1.